The molecule has 1 aromatic heterocycles. The zero-order valence-electron chi connectivity index (χ0n) is 9.05. The number of hydrogen-bond donors (Lipinski definition) is 1. The van der Waals surface area contributed by atoms with Crippen LogP contribution < -0.4 is 5.32 Å². The maximum Gasteiger partial charge on any atom is 0.129 e. The second-order valence-electron chi connectivity index (χ2n) is 4.38. The first kappa shape index (κ1) is 10.5. The highest BCUT2D eigenvalue weighted by Gasteiger charge is 2.11. The smallest absolute Gasteiger partial charge is 0.129 e. The van der Waals surface area contributed by atoms with Crippen LogP contribution in [0.5, 0.6) is 0 Å². The van der Waals surface area contributed by atoms with Crippen molar-refractivity contribution in [2.24, 2.45) is 0 Å². The zero-order chi connectivity index (χ0) is 10.8. The van der Waals surface area contributed by atoms with E-state index >= 15 is 0 Å². The summed E-state index contributed by atoms with van der Waals surface area (Å²) in [6, 6.07) is 3.90. The molecule has 0 unspecified atom stereocenters. The SMILES string of the molecule is Cc1cc(C#N)cnc1NC(C)(C)C. The molecule has 0 saturated heterocycles. The van der Waals surface area contributed by atoms with E-state index < -0.39 is 0 Å². The van der Waals surface area contributed by atoms with Gasteiger partial charge in [0, 0.05) is 11.7 Å². The highest BCUT2D eigenvalue weighted by molar-refractivity contribution is 5.48. The first-order valence-corrected chi connectivity index (χ1v) is 4.57. The van der Waals surface area contributed by atoms with Crippen molar-refractivity contribution in [1.29, 1.82) is 5.26 Å². The van der Waals surface area contributed by atoms with Crippen LogP contribution in [0.2, 0.25) is 0 Å². The third-order valence-electron chi connectivity index (χ3n) is 1.70. The standard InChI is InChI=1S/C11H15N3/c1-8-5-9(6-12)7-13-10(8)14-11(2,3)4/h5,7H,1-4H3,(H,13,14). The van der Waals surface area contributed by atoms with Crippen LogP contribution in [-0.2, 0) is 0 Å². The Bertz CT molecular complexity index is 369. The summed E-state index contributed by atoms with van der Waals surface area (Å²) in [5, 5.41) is 12.0. The molecule has 0 aliphatic heterocycles. The molecule has 1 N–H and O–H groups in total. The Morgan fingerprint density at radius 2 is 2.07 bits per heavy atom. The third kappa shape index (κ3) is 2.74. The topological polar surface area (TPSA) is 48.7 Å². The van der Waals surface area contributed by atoms with E-state index in [0.717, 1.165) is 11.4 Å². The lowest BCUT2D eigenvalue weighted by molar-refractivity contribution is 0.629. The molecule has 0 aliphatic rings. The molecule has 3 heteroatoms. The summed E-state index contributed by atoms with van der Waals surface area (Å²) in [6.07, 6.45) is 1.58. The van der Waals surface area contributed by atoms with E-state index in [9.17, 15) is 0 Å². The predicted molar refractivity (Wildman–Crippen MR) is 57.1 cm³/mol. The Kier molecular flexibility index (Phi) is 2.76. The third-order valence-corrected chi connectivity index (χ3v) is 1.70. The molecule has 0 saturated carbocycles. The highest BCUT2D eigenvalue weighted by Crippen LogP contribution is 2.16. The van der Waals surface area contributed by atoms with E-state index in [0.29, 0.717) is 5.56 Å². The fourth-order valence-electron chi connectivity index (χ4n) is 1.12. The Labute approximate surface area is 84.8 Å². The number of hydrogen-bond acceptors (Lipinski definition) is 3. The van der Waals surface area contributed by atoms with Crippen molar-refractivity contribution < 1.29 is 0 Å². The van der Waals surface area contributed by atoms with E-state index in [2.05, 4.69) is 37.1 Å². The average Bonchev–Trinajstić information content (AvgIpc) is 2.06. The number of nitrogens with zero attached hydrogens (tertiary/aromatic N) is 2. The van der Waals surface area contributed by atoms with E-state index in [4.69, 9.17) is 5.26 Å². The van der Waals surface area contributed by atoms with Crippen molar-refractivity contribution in [2.45, 2.75) is 33.2 Å². The molecular weight excluding hydrogens is 174 g/mol. The van der Waals surface area contributed by atoms with Crippen LogP contribution in [-0.4, -0.2) is 10.5 Å². The van der Waals surface area contributed by atoms with Crippen molar-refractivity contribution in [3.8, 4) is 6.07 Å². The second kappa shape index (κ2) is 3.67. The maximum absolute atomic E-state index is 8.68. The summed E-state index contributed by atoms with van der Waals surface area (Å²) in [5.74, 6) is 0.844. The van der Waals surface area contributed by atoms with Gasteiger partial charge in [-0.15, -0.1) is 0 Å². The molecule has 1 aromatic rings. The number of anilines is 1. The molecule has 0 aromatic carbocycles. The van der Waals surface area contributed by atoms with Gasteiger partial charge in [-0.1, -0.05) is 0 Å². The Hall–Kier alpha value is -1.56. The Balaban J connectivity index is 2.97. The van der Waals surface area contributed by atoms with Crippen LogP contribution in [0.4, 0.5) is 5.82 Å². The second-order valence-corrected chi connectivity index (χ2v) is 4.38. The average molecular weight is 189 g/mol. The number of pyridine rings is 1. The van der Waals surface area contributed by atoms with E-state index in [-0.39, 0.29) is 5.54 Å². The van der Waals surface area contributed by atoms with Crippen LogP contribution in [0.1, 0.15) is 31.9 Å². The Morgan fingerprint density at radius 1 is 1.43 bits per heavy atom. The van der Waals surface area contributed by atoms with Gasteiger partial charge < -0.3 is 5.32 Å². The maximum atomic E-state index is 8.68. The van der Waals surface area contributed by atoms with Crippen molar-refractivity contribution >= 4 is 5.82 Å². The summed E-state index contributed by atoms with van der Waals surface area (Å²) in [7, 11) is 0. The zero-order valence-corrected chi connectivity index (χ0v) is 9.05. The summed E-state index contributed by atoms with van der Waals surface area (Å²) in [5.41, 5.74) is 1.59. The summed E-state index contributed by atoms with van der Waals surface area (Å²) >= 11 is 0. The molecule has 0 amide bonds. The van der Waals surface area contributed by atoms with Crippen LogP contribution in [0.3, 0.4) is 0 Å². The molecule has 0 atom stereocenters. The van der Waals surface area contributed by atoms with Crippen LogP contribution in [0.25, 0.3) is 0 Å². The molecule has 0 fully saturated rings. The number of aromatic nitrogens is 1. The molecule has 3 nitrogen and oxygen atoms in total. The van der Waals surface area contributed by atoms with E-state index in [1.807, 2.05) is 13.0 Å². The molecule has 0 radical (unpaired) electrons. The lowest BCUT2D eigenvalue weighted by atomic mass is 10.1. The van der Waals surface area contributed by atoms with Crippen molar-refractivity contribution in [3.05, 3.63) is 23.4 Å². The number of nitrogens with one attached hydrogen (secondary N) is 1. The van der Waals surface area contributed by atoms with Gasteiger partial charge in [-0.2, -0.15) is 5.26 Å². The van der Waals surface area contributed by atoms with Crippen molar-refractivity contribution in [1.82, 2.24) is 4.98 Å². The first-order valence-electron chi connectivity index (χ1n) is 4.57. The summed E-state index contributed by atoms with van der Waals surface area (Å²) in [6.45, 7) is 8.17. The van der Waals surface area contributed by atoms with Gasteiger partial charge in [-0.25, -0.2) is 4.98 Å². The fraction of sp³-hybridized carbons (Fsp3) is 0.455. The van der Waals surface area contributed by atoms with Crippen LogP contribution >= 0.6 is 0 Å². The van der Waals surface area contributed by atoms with Gasteiger partial charge in [0.2, 0.25) is 0 Å². The fourth-order valence-corrected chi connectivity index (χ4v) is 1.12. The van der Waals surface area contributed by atoms with E-state index in [1.54, 1.807) is 6.20 Å². The minimum atomic E-state index is -0.00802. The van der Waals surface area contributed by atoms with Gasteiger partial charge in [0.05, 0.1) is 5.56 Å². The lowest BCUT2D eigenvalue weighted by Gasteiger charge is -2.22. The lowest BCUT2D eigenvalue weighted by Crippen LogP contribution is -2.27. The van der Waals surface area contributed by atoms with Gasteiger partial charge in [0.15, 0.2) is 0 Å². The Morgan fingerprint density at radius 3 is 2.50 bits per heavy atom. The monoisotopic (exact) mass is 189 g/mol. The van der Waals surface area contributed by atoms with Crippen LogP contribution in [0, 0.1) is 18.3 Å². The number of nitriles is 1. The molecule has 1 rings (SSSR count). The minimum Gasteiger partial charge on any atom is -0.365 e. The van der Waals surface area contributed by atoms with Gasteiger partial charge in [-0.3, -0.25) is 0 Å². The van der Waals surface area contributed by atoms with Gasteiger partial charge in [0.1, 0.15) is 11.9 Å². The number of aryl methyl sites for hydroxylation is 1. The van der Waals surface area contributed by atoms with E-state index in [1.165, 1.54) is 0 Å². The molecule has 0 spiro atoms. The molecule has 1 heterocycles. The molecule has 14 heavy (non-hydrogen) atoms. The summed E-state index contributed by atoms with van der Waals surface area (Å²) < 4.78 is 0. The highest BCUT2D eigenvalue weighted by atomic mass is 15.0. The summed E-state index contributed by atoms with van der Waals surface area (Å²) in [4.78, 5) is 4.20. The normalized spacial score (nSPS) is 10.8. The van der Waals surface area contributed by atoms with Crippen molar-refractivity contribution in [2.75, 3.05) is 5.32 Å². The predicted octanol–water partition coefficient (Wildman–Crippen LogP) is 2.47. The van der Waals surface area contributed by atoms with Crippen molar-refractivity contribution in [3.63, 3.8) is 0 Å². The molecule has 74 valence electrons. The molecule has 0 bridgehead atoms. The largest absolute Gasteiger partial charge is 0.365 e. The van der Waals surface area contributed by atoms with Gasteiger partial charge in [0.25, 0.3) is 0 Å². The van der Waals surface area contributed by atoms with Gasteiger partial charge in [-0.05, 0) is 39.3 Å². The minimum absolute atomic E-state index is 0.00802. The van der Waals surface area contributed by atoms with Crippen LogP contribution in [0.15, 0.2) is 12.3 Å². The quantitative estimate of drug-likeness (QED) is 0.738. The number of rotatable bonds is 1. The van der Waals surface area contributed by atoms with Gasteiger partial charge >= 0.3 is 0 Å². The molecular formula is C11H15N3. The molecule has 0 aliphatic carbocycles. The first-order chi connectivity index (χ1) is 6.42.